The summed E-state index contributed by atoms with van der Waals surface area (Å²) in [6.07, 6.45) is 0. The fourth-order valence-electron chi connectivity index (χ4n) is 1.06. The van der Waals surface area contributed by atoms with E-state index in [0.717, 1.165) is 5.02 Å². The van der Waals surface area contributed by atoms with Gasteiger partial charge in [0, 0.05) is 5.02 Å². The van der Waals surface area contributed by atoms with Crippen molar-refractivity contribution >= 4 is 11.6 Å². The first-order valence-electron chi connectivity index (χ1n) is 5.43. The maximum atomic E-state index is 5.54. The summed E-state index contributed by atoms with van der Waals surface area (Å²) >= 11 is 5.54. The van der Waals surface area contributed by atoms with Crippen molar-refractivity contribution in [2.75, 3.05) is 0 Å². The van der Waals surface area contributed by atoms with Crippen LogP contribution in [-0.2, 0) is 21.7 Å². The van der Waals surface area contributed by atoms with Gasteiger partial charge in [0.1, 0.15) is 0 Å². The fourth-order valence-corrected chi connectivity index (χ4v) is 1.20. The van der Waals surface area contributed by atoms with Crippen LogP contribution in [0.2, 0.25) is 5.02 Å². The quantitative estimate of drug-likeness (QED) is 0.397. The molecule has 0 atom stereocenters. The Labute approximate surface area is 129 Å². The van der Waals surface area contributed by atoms with E-state index in [1.165, 1.54) is 0 Å². The molecule has 0 unspecified atom stereocenters. The summed E-state index contributed by atoms with van der Waals surface area (Å²) in [6.45, 7) is 0. The molecule has 90 valence electrons. The summed E-state index contributed by atoms with van der Waals surface area (Å²) in [7, 11) is 0. The molecule has 18 heavy (non-hydrogen) atoms. The van der Waals surface area contributed by atoms with Gasteiger partial charge in [-0.05, 0) is 12.1 Å². The minimum atomic E-state index is 0. The number of hydrogen-bond acceptors (Lipinski definition) is 0. The zero-order valence-corrected chi connectivity index (χ0v) is 12.4. The van der Waals surface area contributed by atoms with E-state index < -0.39 is 0 Å². The van der Waals surface area contributed by atoms with Crippen LogP contribution in [-0.4, -0.2) is 0 Å². The Morgan fingerprint density at radius 3 is 1.17 bits per heavy atom. The van der Waals surface area contributed by atoms with E-state index in [9.17, 15) is 0 Å². The summed E-state index contributed by atoms with van der Waals surface area (Å²) in [6, 6.07) is 29.4. The molecule has 3 aromatic carbocycles. The molecule has 3 rings (SSSR count). The molecule has 0 bridgehead atoms. The molecule has 0 radical (unpaired) electrons. The monoisotopic (exact) mass is 290 g/mol. The third kappa shape index (κ3) is 10.1. The first kappa shape index (κ1) is 16.9. The number of benzene rings is 1. The van der Waals surface area contributed by atoms with Gasteiger partial charge in [-0.2, -0.15) is 36.4 Å². The molecule has 2 heteroatoms. The van der Waals surface area contributed by atoms with Gasteiger partial charge < -0.3 is 0 Å². The van der Waals surface area contributed by atoms with Gasteiger partial charge in [-0.1, -0.05) is 29.8 Å². The second kappa shape index (κ2) is 12.4. The van der Waals surface area contributed by atoms with Crippen molar-refractivity contribution in [2.24, 2.45) is 0 Å². The summed E-state index contributed by atoms with van der Waals surface area (Å²) in [4.78, 5) is 0. The normalized spacial score (nSPS) is 7.83. The van der Waals surface area contributed by atoms with Crippen LogP contribution < -0.4 is 0 Å². The van der Waals surface area contributed by atoms with Gasteiger partial charge >= 0.3 is 21.7 Å². The molecule has 0 aliphatic heterocycles. The van der Waals surface area contributed by atoms with Crippen molar-refractivity contribution in [3.8, 4) is 0 Å². The zero-order valence-electron chi connectivity index (χ0n) is 10.0. The zero-order chi connectivity index (χ0) is 12.2. The first-order valence-corrected chi connectivity index (χ1v) is 5.81. The molecule has 0 saturated heterocycles. The maximum Gasteiger partial charge on any atom is 2.00 e. The van der Waals surface area contributed by atoms with Crippen LogP contribution in [0.25, 0.3) is 0 Å². The van der Waals surface area contributed by atoms with Crippen molar-refractivity contribution in [1.29, 1.82) is 0 Å². The first-order chi connectivity index (χ1) is 8.39. The molecule has 0 spiro atoms. The van der Waals surface area contributed by atoms with Gasteiger partial charge in [0.2, 0.25) is 0 Å². The Balaban J connectivity index is 0.000000239. The van der Waals surface area contributed by atoms with E-state index in [-0.39, 0.29) is 21.7 Å². The predicted octanol–water partition coefficient (Wildman–Crippen LogP) is 5.15. The van der Waals surface area contributed by atoms with E-state index >= 15 is 0 Å². The van der Waals surface area contributed by atoms with Crippen molar-refractivity contribution in [1.82, 2.24) is 0 Å². The SMILES string of the molecule is Clc1ccccc1.[Ti+2].c1cc[cH-]c1.c1cc[cH-]c1. The van der Waals surface area contributed by atoms with E-state index in [4.69, 9.17) is 11.6 Å². The topological polar surface area (TPSA) is 0 Å². The van der Waals surface area contributed by atoms with Gasteiger partial charge in [-0.3, -0.25) is 0 Å². The molecule has 0 N–H and O–H groups in total. The molecule has 3 aromatic rings. The Kier molecular flexibility index (Phi) is 11.6. The van der Waals surface area contributed by atoms with E-state index in [1.54, 1.807) is 0 Å². The molecular formula is C16H15ClTi. The van der Waals surface area contributed by atoms with Crippen LogP contribution in [0, 0.1) is 0 Å². The van der Waals surface area contributed by atoms with Gasteiger partial charge in [0.05, 0.1) is 0 Å². The van der Waals surface area contributed by atoms with E-state index in [2.05, 4.69) is 0 Å². The summed E-state index contributed by atoms with van der Waals surface area (Å²) in [5, 5.41) is 0.794. The third-order valence-electron chi connectivity index (χ3n) is 1.84. The number of rotatable bonds is 0. The molecule has 0 aliphatic carbocycles. The van der Waals surface area contributed by atoms with Crippen LogP contribution in [0.4, 0.5) is 0 Å². The Hall–Kier alpha value is -1.08. The molecule has 0 aliphatic rings. The molecular weight excluding hydrogens is 275 g/mol. The molecule has 0 heterocycles. The van der Waals surface area contributed by atoms with Gasteiger partial charge in [0.25, 0.3) is 0 Å². The molecule has 0 fully saturated rings. The average Bonchev–Trinajstić information content (AvgIpc) is 3.09. The average molecular weight is 291 g/mol. The Morgan fingerprint density at radius 1 is 0.611 bits per heavy atom. The minimum Gasteiger partial charge on any atom is -0.214 e. The summed E-state index contributed by atoms with van der Waals surface area (Å²) in [5.74, 6) is 0. The van der Waals surface area contributed by atoms with Crippen LogP contribution in [0.15, 0.2) is 91.0 Å². The molecule has 0 saturated carbocycles. The van der Waals surface area contributed by atoms with Gasteiger partial charge in [0.15, 0.2) is 0 Å². The molecule has 0 aromatic heterocycles. The molecule has 0 amide bonds. The van der Waals surface area contributed by atoms with Gasteiger partial charge in [-0.15, -0.1) is 0 Å². The van der Waals surface area contributed by atoms with Crippen LogP contribution in [0.3, 0.4) is 0 Å². The Bertz CT molecular complexity index is 368. The number of halogens is 1. The standard InChI is InChI=1S/C6H5Cl.2C5H5.Ti/c7-6-4-2-1-3-5-6;2*1-2-4-5-3-1;/h1-5H;2*1-5H;/q;2*-1;+2. The summed E-state index contributed by atoms with van der Waals surface area (Å²) < 4.78 is 0. The van der Waals surface area contributed by atoms with Gasteiger partial charge in [-0.25, -0.2) is 24.3 Å². The van der Waals surface area contributed by atoms with Crippen molar-refractivity contribution in [3.05, 3.63) is 96.0 Å². The van der Waals surface area contributed by atoms with Crippen molar-refractivity contribution in [2.45, 2.75) is 0 Å². The maximum absolute atomic E-state index is 5.54. The molecule has 0 nitrogen and oxygen atoms in total. The fraction of sp³-hybridized carbons (Fsp3) is 0. The minimum absolute atomic E-state index is 0. The van der Waals surface area contributed by atoms with Crippen molar-refractivity contribution in [3.63, 3.8) is 0 Å². The second-order valence-corrected chi connectivity index (χ2v) is 3.66. The Morgan fingerprint density at radius 2 is 1.00 bits per heavy atom. The summed E-state index contributed by atoms with van der Waals surface area (Å²) in [5.41, 5.74) is 0. The van der Waals surface area contributed by atoms with E-state index in [1.807, 2.05) is 91.0 Å². The van der Waals surface area contributed by atoms with E-state index in [0.29, 0.717) is 0 Å². The second-order valence-electron chi connectivity index (χ2n) is 3.22. The number of hydrogen-bond donors (Lipinski definition) is 0. The smallest absolute Gasteiger partial charge is 0.214 e. The van der Waals surface area contributed by atoms with Crippen LogP contribution in [0.5, 0.6) is 0 Å². The van der Waals surface area contributed by atoms with Crippen molar-refractivity contribution < 1.29 is 21.7 Å². The van der Waals surface area contributed by atoms with Crippen LogP contribution >= 0.6 is 11.6 Å². The van der Waals surface area contributed by atoms with Crippen LogP contribution in [0.1, 0.15) is 0 Å². The largest absolute Gasteiger partial charge is 2.00 e. The third-order valence-corrected chi connectivity index (χ3v) is 2.10. The predicted molar refractivity (Wildman–Crippen MR) is 75.5 cm³/mol.